The van der Waals surface area contributed by atoms with Gasteiger partial charge < -0.3 is 10.2 Å². The monoisotopic (exact) mass is 455 g/mol. The molecule has 4 nitrogen and oxygen atoms in total. The Kier molecular flexibility index (Phi) is 7.74. The maximum Gasteiger partial charge on any atom is 0.433 e. The lowest BCUT2D eigenvalue weighted by atomic mass is 10.0. The van der Waals surface area contributed by atoms with Gasteiger partial charge in [0.05, 0.1) is 0 Å². The molecule has 1 N–H and O–H groups in total. The van der Waals surface area contributed by atoms with Crippen LogP contribution in [-0.4, -0.2) is 24.5 Å². The van der Waals surface area contributed by atoms with Gasteiger partial charge in [-0.15, -0.1) is 0 Å². The quantitative estimate of drug-likeness (QED) is 0.478. The Labute approximate surface area is 192 Å². The van der Waals surface area contributed by atoms with Gasteiger partial charge in [-0.25, -0.2) is 0 Å². The predicted octanol–water partition coefficient (Wildman–Crippen LogP) is 5.64. The van der Waals surface area contributed by atoms with E-state index in [2.05, 4.69) is 21.3 Å². The normalized spacial score (nSPS) is 12.3. The molecular formula is C26H28F3N3O. The number of hydrogen-bond acceptors (Lipinski definition) is 3. The molecule has 3 rings (SSSR count). The molecule has 0 aliphatic carbocycles. The van der Waals surface area contributed by atoms with Crippen molar-refractivity contribution >= 4 is 11.6 Å². The van der Waals surface area contributed by atoms with E-state index in [-0.39, 0.29) is 5.91 Å². The van der Waals surface area contributed by atoms with Gasteiger partial charge in [0.15, 0.2) is 0 Å². The van der Waals surface area contributed by atoms with Crippen LogP contribution in [0.5, 0.6) is 0 Å². The fraction of sp³-hybridized carbons (Fsp3) is 0.308. The van der Waals surface area contributed by atoms with Gasteiger partial charge in [0.2, 0.25) is 5.91 Å². The van der Waals surface area contributed by atoms with Crippen molar-refractivity contribution in [2.45, 2.75) is 38.9 Å². The average molecular weight is 456 g/mol. The topological polar surface area (TPSA) is 45.2 Å². The van der Waals surface area contributed by atoms with E-state index in [1.165, 1.54) is 12.3 Å². The van der Waals surface area contributed by atoms with Gasteiger partial charge in [-0.2, -0.15) is 13.2 Å². The first-order valence-electron chi connectivity index (χ1n) is 10.8. The van der Waals surface area contributed by atoms with Crippen LogP contribution in [0, 0.1) is 13.8 Å². The smallest absolute Gasteiger partial charge is 0.357 e. The Bertz CT molecular complexity index is 1070. The first-order chi connectivity index (χ1) is 15.7. The molecule has 33 heavy (non-hydrogen) atoms. The van der Waals surface area contributed by atoms with E-state index >= 15 is 0 Å². The third-order valence-electron chi connectivity index (χ3n) is 5.72. The molecule has 0 aliphatic rings. The molecule has 3 aromatic rings. The molecule has 2 aromatic carbocycles. The summed E-state index contributed by atoms with van der Waals surface area (Å²) in [7, 11) is 1.62. The van der Waals surface area contributed by atoms with E-state index in [9.17, 15) is 18.0 Å². The van der Waals surface area contributed by atoms with E-state index in [1.54, 1.807) is 7.05 Å². The fourth-order valence-electron chi connectivity index (χ4n) is 3.75. The minimum absolute atomic E-state index is 0.129. The zero-order valence-corrected chi connectivity index (χ0v) is 19.0. The second kappa shape index (κ2) is 10.5. The lowest BCUT2D eigenvalue weighted by Gasteiger charge is -2.33. The molecule has 174 valence electrons. The summed E-state index contributed by atoms with van der Waals surface area (Å²) >= 11 is 0. The first-order valence-corrected chi connectivity index (χ1v) is 10.8. The third kappa shape index (κ3) is 6.12. The summed E-state index contributed by atoms with van der Waals surface area (Å²) in [6, 6.07) is 17.6. The summed E-state index contributed by atoms with van der Waals surface area (Å²) in [6.45, 7) is 4.60. The highest BCUT2D eigenvalue weighted by molar-refractivity contribution is 5.86. The van der Waals surface area contributed by atoms with Crippen molar-refractivity contribution in [3.05, 3.63) is 94.8 Å². The van der Waals surface area contributed by atoms with Crippen LogP contribution in [0.3, 0.4) is 0 Å². The highest BCUT2D eigenvalue weighted by Gasteiger charge is 2.32. The molecule has 0 spiro atoms. The molecule has 0 aliphatic heterocycles. The van der Waals surface area contributed by atoms with Gasteiger partial charge >= 0.3 is 6.18 Å². The second-order valence-electron chi connectivity index (χ2n) is 8.04. The van der Waals surface area contributed by atoms with Crippen LogP contribution in [0.15, 0.2) is 66.9 Å². The van der Waals surface area contributed by atoms with E-state index in [0.29, 0.717) is 19.4 Å². The Balaban J connectivity index is 1.87. The molecule has 1 amide bonds. The number of aryl methyl sites for hydroxylation is 3. The standard InChI is InChI=1S/C26H28F3N3O/c1-18-11-13-22(16-19(18)2)32(24(25(33)30-3)21-9-5-4-6-10-21)15-7-8-20-12-14-23(31-17-20)26(27,28)29/h4-6,9-14,16-17,24H,7-8,15H2,1-3H3,(H,30,33). The van der Waals surface area contributed by atoms with E-state index in [1.807, 2.05) is 56.3 Å². The molecule has 0 bridgehead atoms. The van der Waals surface area contributed by atoms with Crippen molar-refractivity contribution in [1.29, 1.82) is 0 Å². The molecule has 0 radical (unpaired) electrons. The number of alkyl halides is 3. The van der Waals surface area contributed by atoms with Crippen LogP contribution in [0.2, 0.25) is 0 Å². The van der Waals surface area contributed by atoms with E-state index in [0.717, 1.165) is 34.0 Å². The molecule has 1 heterocycles. The third-order valence-corrected chi connectivity index (χ3v) is 5.72. The molecule has 0 saturated carbocycles. The molecule has 0 saturated heterocycles. The summed E-state index contributed by atoms with van der Waals surface area (Å²) in [5.74, 6) is -0.129. The van der Waals surface area contributed by atoms with Crippen molar-refractivity contribution in [2.24, 2.45) is 0 Å². The number of nitrogens with zero attached hydrogens (tertiary/aromatic N) is 2. The summed E-state index contributed by atoms with van der Waals surface area (Å²) in [5, 5.41) is 2.77. The van der Waals surface area contributed by atoms with Gasteiger partial charge in [0.1, 0.15) is 11.7 Å². The van der Waals surface area contributed by atoms with Crippen molar-refractivity contribution < 1.29 is 18.0 Å². The van der Waals surface area contributed by atoms with Gasteiger partial charge in [-0.3, -0.25) is 9.78 Å². The number of rotatable bonds is 8. The minimum atomic E-state index is -4.45. The van der Waals surface area contributed by atoms with Crippen molar-refractivity contribution in [3.8, 4) is 0 Å². The number of likely N-dealkylation sites (N-methyl/N-ethyl adjacent to an activating group) is 1. The lowest BCUT2D eigenvalue weighted by Crippen LogP contribution is -2.40. The zero-order chi connectivity index (χ0) is 24.0. The largest absolute Gasteiger partial charge is 0.433 e. The van der Waals surface area contributed by atoms with Gasteiger partial charge in [0.25, 0.3) is 0 Å². The van der Waals surface area contributed by atoms with Crippen LogP contribution in [0.1, 0.15) is 40.4 Å². The highest BCUT2D eigenvalue weighted by Crippen LogP contribution is 2.30. The van der Waals surface area contributed by atoms with Crippen LogP contribution < -0.4 is 10.2 Å². The van der Waals surface area contributed by atoms with Crippen LogP contribution in [-0.2, 0) is 17.4 Å². The van der Waals surface area contributed by atoms with Gasteiger partial charge in [0, 0.05) is 25.5 Å². The molecule has 1 unspecified atom stereocenters. The Morgan fingerprint density at radius 1 is 1.03 bits per heavy atom. The number of pyridine rings is 1. The predicted molar refractivity (Wildman–Crippen MR) is 124 cm³/mol. The number of aromatic nitrogens is 1. The Hall–Kier alpha value is -3.35. The van der Waals surface area contributed by atoms with Crippen LogP contribution in [0.4, 0.5) is 18.9 Å². The number of carbonyl (C=O) groups is 1. The molecule has 1 atom stereocenters. The van der Waals surface area contributed by atoms with Gasteiger partial charge in [-0.05, 0) is 67.1 Å². The summed E-state index contributed by atoms with van der Waals surface area (Å²) in [4.78, 5) is 18.6. The molecular weight excluding hydrogens is 427 g/mol. The number of halogens is 3. The molecule has 7 heteroatoms. The fourth-order valence-corrected chi connectivity index (χ4v) is 3.75. The average Bonchev–Trinajstić information content (AvgIpc) is 2.80. The number of amides is 1. The Morgan fingerprint density at radius 2 is 1.76 bits per heavy atom. The van der Waals surface area contributed by atoms with Crippen LogP contribution >= 0.6 is 0 Å². The first kappa shape index (κ1) is 24.3. The lowest BCUT2D eigenvalue weighted by molar-refractivity contribution is -0.141. The Morgan fingerprint density at radius 3 is 2.33 bits per heavy atom. The van der Waals surface area contributed by atoms with Crippen LogP contribution in [0.25, 0.3) is 0 Å². The second-order valence-corrected chi connectivity index (χ2v) is 8.04. The maximum absolute atomic E-state index is 13.0. The molecule has 0 fully saturated rings. The maximum atomic E-state index is 13.0. The zero-order valence-electron chi connectivity index (χ0n) is 19.0. The van der Waals surface area contributed by atoms with Crippen molar-refractivity contribution in [1.82, 2.24) is 10.3 Å². The van der Waals surface area contributed by atoms with Crippen molar-refractivity contribution in [2.75, 3.05) is 18.5 Å². The van der Waals surface area contributed by atoms with E-state index in [4.69, 9.17) is 0 Å². The van der Waals surface area contributed by atoms with Crippen molar-refractivity contribution in [3.63, 3.8) is 0 Å². The number of carbonyl (C=O) groups excluding carboxylic acids is 1. The van der Waals surface area contributed by atoms with Gasteiger partial charge in [-0.1, -0.05) is 42.5 Å². The molecule has 1 aromatic heterocycles. The number of nitrogens with one attached hydrogen (secondary N) is 1. The summed E-state index contributed by atoms with van der Waals surface area (Å²) in [6.07, 6.45) is -1.99. The summed E-state index contributed by atoms with van der Waals surface area (Å²) in [5.41, 5.74) is 3.89. The number of hydrogen-bond donors (Lipinski definition) is 1. The SMILES string of the molecule is CNC(=O)C(c1ccccc1)N(CCCc1ccc(C(F)(F)F)nc1)c1ccc(C)c(C)c1. The minimum Gasteiger partial charge on any atom is -0.357 e. The highest BCUT2D eigenvalue weighted by atomic mass is 19.4. The number of anilines is 1. The summed E-state index contributed by atoms with van der Waals surface area (Å²) < 4.78 is 38.3. The van der Waals surface area contributed by atoms with E-state index < -0.39 is 17.9 Å². The number of benzene rings is 2.